The second-order valence-corrected chi connectivity index (χ2v) is 7.90. The van der Waals surface area contributed by atoms with Crippen molar-refractivity contribution in [2.75, 3.05) is 0 Å². The Morgan fingerprint density at radius 3 is 1.72 bits per heavy atom. The highest BCUT2D eigenvalue weighted by Crippen LogP contribution is 2.25. The topological polar surface area (TPSA) is 46.2 Å². The number of nitrogens with one attached hydrogen (secondary N) is 1. The normalized spacial score (nSPS) is 12.7. The van der Waals surface area contributed by atoms with Gasteiger partial charge >= 0.3 is 0 Å². The smallest absolute Gasteiger partial charge is 0.207 e. The van der Waals surface area contributed by atoms with Crippen LogP contribution in [0.1, 0.15) is 28.3 Å². The van der Waals surface area contributed by atoms with Crippen molar-refractivity contribution in [2.45, 2.75) is 24.8 Å². The number of sulfonamides is 1. The predicted molar refractivity (Wildman–Crippen MR) is 101 cm³/mol. The molecule has 0 fully saturated rings. The van der Waals surface area contributed by atoms with E-state index in [1.807, 2.05) is 68.4 Å². The highest BCUT2D eigenvalue weighted by Gasteiger charge is 2.22. The molecule has 3 aromatic rings. The molecule has 3 rings (SSSR count). The van der Waals surface area contributed by atoms with Crippen LogP contribution in [-0.2, 0) is 10.0 Å². The molecule has 1 N–H and O–H groups in total. The number of benzene rings is 3. The van der Waals surface area contributed by atoms with Gasteiger partial charge in [-0.05, 0) is 37.1 Å². The molecule has 0 aliphatic carbocycles. The number of hydrogen-bond donors (Lipinski definition) is 1. The molecule has 0 bridgehead atoms. The zero-order valence-electron chi connectivity index (χ0n) is 14.3. The minimum atomic E-state index is -3.63. The lowest BCUT2D eigenvalue weighted by molar-refractivity contribution is 0.572. The van der Waals surface area contributed by atoms with Gasteiger partial charge in [0.2, 0.25) is 10.0 Å². The zero-order valence-corrected chi connectivity index (χ0v) is 15.1. The third kappa shape index (κ3) is 4.16. The Balaban J connectivity index is 2.00. The molecule has 0 saturated carbocycles. The Hall–Kier alpha value is -2.43. The van der Waals surface area contributed by atoms with E-state index < -0.39 is 16.1 Å². The Morgan fingerprint density at radius 1 is 0.680 bits per heavy atom. The van der Waals surface area contributed by atoms with Gasteiger partial charge in [0.05, 0.1) is 10.9 Å². The van der Waals surface area contributed by atoms with Gasteiger partial charge in [-0.25, -0.2) is 8.42 Å². The number of rotatable bonds is 5. The summed E-state index contributed by atoms with van der Waals surface area (Å²) in [5.74, 6) is 0. The largest absolute Gasteiger partial charge is 0.241 e. The van der Waals surface area contributed by atoms with Crippen molar-refractivity contribution in [2.24, 2.45) is 0 Å². The number of hydrogen-bond acceptors (Lipinski definition) is 2. The van der Waals surface area contributed by atoms with Crippen molar-refractivity contribution < 1.29 is 8.42 Å². The fraction of sp³-hybridized carbons (Fsp3) is 0.143. The summed E-state index contributed by atoms with van der Waals surface area (Å²) in [6, 6.07) is 24.0. The molecule has 0 spiro atoms. The minimum absolute atomic E-state index is 0.270. The Bertz CT molecular complexity index is 931. The van der Waals surface area contributed by atoms with Crippen LogP contribution in [0.3, 0.4) is 0 Å². The summed E-state index contributed by atoms with van der Waals surface area (Å²) >= 11 is 0. The van der Waals surface area contributed by atoms with Gasteiger partial charge in [-0.1, -0.05) is 77.9 Å². The molecule has 1 atom stereocenters. The van der Waals surface area contributed by atoms with Crippen LogP contribution in [0.15, 0.2) is 83.8 Å². The maximum atomic E-state index is 12.9. The fourth-order valence-electron chi connectivity index (χ4n) is 2.67. The zero-order chi connectivity index (χ0) is 17.9. The van der Waals surface area contributed by atoms with E-state index in [2.05, 4.69) is 4.72 Å². The molecule has 25 heavy (non-hydrogen) atoms. The Labute approximate surface area is 149 Å². The van der Waals surface area contributed by atoms with Gasteiger partial charge in [0.1, 0.15) is 0 Å². The van der Waals surface area contributed by atoms with Crippen molar-refractivity contribution in [1.82, 2.24) is 4.72 Å². The molecule has 1 unspecified atom stereocenters. The summed E-state index contributed by atoms with van der Waals surface area (Å²) in [5, 5.41) is 0. The fourth-order valence-corrected chi connectivity index (χ4v) is 3.89. The SMILES string of the molecule is Cc1ccc(C(NS(=O)(=O)c2ccc(C)cc2)c2ccccc2)cc1. The molecule has 0 aliphatic heterocycles. The van der Waals surface area contributed by atoms with E-state index >= 15 is 0 Å². The van der Waals surface area contributed by atoms with Crippen LogP contribution in [0.2, 0.25) is 0 Å². The quantitative estimate of drug-likeness (QED) is 0.742. The van der Waals surface area contributed by atoms with E-state index in [0.29, 0.717) is 0 Å². The maximum Gasteiger partial charge on any atom is 0.241 e. The summed E-state index contributed by atoms with van der Waals surface area (Å²) in [5.41, 5.74) is 3.98. The first-order valence-corrected chi connectivity index (χ1v) is 9.64. The van der Waals surface area contributed by atoms with Gasteiger partial charge in [-0.15, -0.1) is 0 Å². The van der Waals surface area contributed by atoms with Crippen molar-refractivity contribution in [3.63, 3.8) is 0 Å². The van der Waals surface area contributed by atoms with E-state index in [4.69, 9.17) is 0 Å². The van der Waals surface area contributed by atoms with Crippen LogP contribution < -0.4 is 4.72 Å². The molecule has 0 aromatic heterocycles. The molecule has 0 saturated heterocycles. The van der Waals surface area contributed by atoms with E-state index in [-0.39, 0.29) is 4.90 Å². The van der Waals surface area contributed by atoms with Gasteiger partial charge < -0.3 is 0 Å². The standard InChI is InChI=1S/C21H21NO2S/c1-16-8-12-19(13-9-16)21(18-6-4-3-5-7-18)22-25(23,24)20-14-10-17(2)11-15-20/h3-15,21-22H,1-2H3. The van der Waals surface area contributed by atoms with E-state index in [9.17, 15) is 8.42 Å². The van der Waals surface area contributed by atoms with Crippen molar-refractivity contribution in [3.8, 4) is 0 Å². The summed E-state index contributed by atoms with van der Waals surface area (Å²) in [6.07, 6.45) is 0. The molecule has 128 valence electrons. The Kier molecular flexibility index (Phi) is 5.02. The van der Waals surface area contributed by atoms with Crippen molar-refractivity contribution >= 4 is 10.0 Å². The van der Waals surface area contributed by atoms with Gasteiger partial charge in [0.25, 0.3) is 0 Å². The molecular formula is C21H21NO2S. The molecule has 4 heteroatoms. The molecule has 0 aliphatic rings. The first-order chi connectivity index (χ1) is 12.0. The highest BCUT2D eigenvalue weighted by molar-refractivity contribution is 7.89. The van der Waals surface area contributed by atoms with Crippen LogP contribution in [0.25, 0.3) is 0 Å². The monoisotopic (exact) mass is 351 g/mol. The van der Waals surface area contributed by atoms with Gasteiger partial charge in [0.15, 0.2) is 0 Å². The predicted octanol–water partition coefficient (Wildman–Crippen LogP) is 4.37. The van der Waals surface area contributed by atoms with Crippen LogP contribution in [-0.4, -0.2) is 8.42 Å². The lowest BCUT2D eigenvalue weighted by Gasteiger charge is -2.20. The summed E-state index contributed by atoms with van der Waals surface area (Å²) < 4.78 is 28.6. The summed E-state index contributed by atoms with van der Waals surface area (Å²) in [4.78, 5) is 0.270. The van der Waals surface area contributed by atoms with Crippen LogP contribution >= 0.6 is 0 Å². The number of aryl methyl sites for hydroxylation is 2. The molecule has 0 radical (unpaired) electrons. The van der Waals surface area contributed by atoms with E-state index in [0.717, 1.165) is 22.3 Å². The first-order valence-electron chi connectivity index (χ1n) is 8.16. The summed E-state index contributed by atoms with van der Waals surface area (Å²) in [7, 11) is -3.63. The van der Waals surface area contributed by atoms with E-state index in [1.54, 1.807) is 24.3 Å². The molecule has 3 aromatic carbocycles. The van der Waals surface area contributed by atoms with Crippen LogP contribution in [0.5, 0.6) is 0 Å². The van der Waals surface area contributed by atoms with Crippen LogP contribution in [0.4, 0.5) is 0 Å². The van der Waals surface area contributed by atoms with Gasteiger partial charge in [-0.2, -0.15) is 4.72 Å². The van der Waals surface area contributed by atoms with Gasteiger partial charge in [-0.3, -0.25) is 0 Å². The first kappa shape index (κ1) is 17.4. The molecular weight excluding hydrogens is 330 g/mol. The Morgan fingerprint density at radius 2 is 1.16 bits per heavy atom. The maximum absolute atomic E-state index is 12.9. The molecule has 0 amide bonds. The third-order valence-corrected chi connectivity index (χ3v) is 5.59. The third-order valence-electron chi connectivity index (χ3n) is 4.15. The average molecular weight is 351 g/mol. The lowest BCUT2D eigenvalue weighted by Crippen LogP contribution is -2.29. The van der Waals surface area contributed by atoms with E-state index in [1.165, 1.54) is 0 Å². The van der Waals surface area contributed by atoms with Crippen molar-refractivity contribution in [3.05, 3.63) is 101 Å². The van der Waals surface area contributed by atoms with Crippen molar-refractivity contribution in [1.29, 1.82) is 0 Å². The molecule has 0 heterocycles. The van der Waals surface area contributed by atoms with Crippen LogP contribution in [0, 0.1) is 13.8 Å². The average Bonchev–Trinajstić information content (AvgIpc) is 2.62. The second kappa shape index (κ2) is 7.21. The van der Waals surface area contributed by atoms with Gasteiger partial charge in [0, 0.05) is 0 Å². The lowest BCUT2D eigenvalue weighted by atomic mass is 9.99. The second-order valence-electron chi connectivity index (χ2n) is 6.19. The minimum Gasteiger partial charge on any atom is -0.207 e. The summed E-state index contributed by atoms with van der Waals surface area (Å²) in [6.45, 7) is 3.95. The highest BCUT2D eigenvalue weighted by atomic mass is 32.2. The molecule has 3 nitrogen and oxygen atoms in total.